The Hall–Kier alpha value is -4.53. The Balaban J connectivity index is 1.30. The van der Waals surface area contributed by atoms with Crippen LogP contribution in [0.1, 0.15) is 5.56 Å². The van der Waals surface area contributed by atoms with Crippen LogP contribution in [0.3, 0.4) is 0 Å². The minimum absolute atomic E-state index is 0.537. The third kappa shape index (κ3) is 4.29. The maximum atomic E-state index is 5.27. The van der Waals surface area contributed by atoms with Crippen LogP contribution < -0.4 is 14.8 Å². The molecule has 164 valence electrons. The number of ether oxygens (including phenoxy) is 2. The molecule has 0 spiro atoms. The Morgan fingerprint density at radius 1 is 0.909 bits per heavy atom. The number of aromatic nitrogens is 6. The van der Waals surface area contributed by atoms with Crippen molar-refractivity contribution in [3.8, 4) is 34.4 Å². The van der Waals surface area contributed by atoms with Gasteiger partial charge in [0.25, 0.3) is 0 Å². The SMILES string of the molecule is COc1ccn2c(-c3cc(NCc4ccc(-c5nccc(OC)n5)cc4)ncn3)cnc2c1. The third-order valence-corrected chi connectivity index (χ3v) is 5.17. The van der Waals surface area contributed by atoms with E-state index in [4.69, 9.17) is 9.47 Å². The van der Waals surface area contributed by atoms with Crippen molar-refractivity contribution in [1.82, 2.24) is 29.3 Å². The zero-order valence-electron chi connectivity index (χ0n) is 18.1. The lowest BCUT2D eigenvalue weighted by Gasteiger charge is -2.08. The van der Waals surface area contributed by atoms with E-state index in [9.17, 15) is 0 Å². The predicted octanol–water partition coefficient (Wildman–Crippen LogP) is 3.88. The van der Waals surface area contributed by atoms with Crippen molar-refractivity contribution in [3.05, 3.63) is 79.0 Å². The molecule has 0 saturated carbocycles. The number of fused-ring (bicyclic) bond motifs is 1. The standard InChI is InChI=1S/C24H21N7O2/c1-32-18-8-10-31-20(14-27-22(31)11-18)19-12-21(29-15-28-19)26-13-16-3-5-17(6-4-16)24-25-9-7-23(30-24)33-2/h3-12,14-15H,13H2,1-2H3,(H,26,28,29). The topological polar surface area (TPSA) is 99.4 Å². The molecule has 4 aromatic heterocycles. The van der Waals surface area contributed by atoms with Gasteiger partial charge in [-0.25, -0.2) is 19.9 Å². The molecular weight excluding hydrogens is 418 g/mol. The first-order valence-corrected chi connectivity index (χ1v) is 10.3. The van der Waals surface area contributed by atoms with Crippen molar-refractivity contribution < 1.29 is 9.47 Å². The summed E-state index contributed by atoms with van der Waals surface area (Å²) < 4.78 is 12.4. The van der Waals surface area contributed by atoms with Crippen molar-refractivity contribution in [2.45, 2.75) is 6.54 Å². The molecule has 0 aliphatic heterocycles. The summed E-state index contributed by atoms with van der Waals surface area (Å²) in [6.07, 6.45) is 6.94. The summed E-state index contributed by atoms with van der Waals surface area (Å²) in [7, 11) is 3.23. The molecule has 0 atom stereocenters. The number of benzene rings is 1. The monoisotopic (exact) mass is 439 g/mol. The second-order valence-corrected chi connectivity index (χ2v) is 7.20. The lowest BCUT2D eigenvalue weighted by Crippen LogP contribution is -2.02. The van der Waals surface area contributed by atoms with Crippen molar-refractivity contribution in [2.24, 2.45) is 0 Å². The van der Waals surface area contributed by atoms with E-state index in [1.54, 1.807) is 39.0 Å². The summed E-state index contributed by atoms with van der Waals surface area (Å²) in [6.45, 7) is 0.611. The van der Waals surface area contributed by atoms with Gasteiger partial charge in [-0.3, -0.25) is 4.40 Å². The van der Waals surface area contributed by atoms with Crippen LogP contribution >= 0.6 is 0 Å². The summed E-state index contributed by atoms with van der Waals surface area (Å²) in [5.74, 6) is 2.65. The van der Waals surface area contributed by atoms with Gasteiger partial charge in [0, 0.05) is 42.7 Å². The first-order chi connectivity index (χ1) is 16.2. The van der Waals surface area contributed by atoms with E-state index in [0.717, 1.165) is 39.7 Å². The van der Waals surface area contributed by atoms with E-state index in [-0.39, 0.29) is 0 Å². The lowest BCUT2D eigenvalue weighted by atomic mass is 10.1. The van der Waals surface area contributed by atoms with Gasteiger partial charge in [0.05, 0.1) is 31.8 Å². The quantitative estimate of drug-likeness (QED) is 0.408. The minimum Gasteiger partial charge on any atom is -0.497 e. The number of rotatable bonds is 7. The number of nitrogens with one attached hydrogen (secondary N) is 1. The number of anilines is 1. The molecule has 0 amide bonds. The van der Waals surface area contributed by atoms with Gasteiger partial charge < -0.3 is 14.8 Å². The Morgan fingerprint density at radius 2 is 1.79 bits per heavy atom. The van der Waals surface area contributed by atoms with Crippen LogP contribution in [0.4, 0.5) is 5.82 Å². The van der Waals surface area contributed by atoms with Gasteiger partial charge in [-0.2, -0.15) is 4.98 Å². The first kappa shape index (κ1) is 20.4. The zero-order valence-corrected chi connectivity index (χ0v) is 18.1. The summed E-state index contributed by atoms with van der Waals surface area (Å²) in [5.41, 5.74) is 4.46. The first-order valence-electron chi connectivity index (χ1n) is 10.3. The van der Waals surface area contributed by atoms with E-state index >= 15 is 0 Å². The molecule has 0 unspecified atom stereocenters. The average molecular weight is 439 g/mol. The Kier molecular flexibility index (Phi) is 5.50. The fraction of sp³-hybridized carbons (Fsp3) is 0.125. The molecule has 0 aliphatic carbocycles. The summed E-state index contributed by atoms with van der Waals surface area (Å²) >= 11 is 0. The van der Waals surface area contributed by atoms with Gasteiger partial charge in [0.2, 0.25) is 5.88 Å². The maximum absolute atomic E-state index is 5.27. The number of nitrogens with zero attached hydrogens (tertiary/aromatic N) is 6. The van der Waals surface area contributed by atoms with Gasteiger partial charge in [-0.1, -0.05) is 24.3 Å². The highest BCUT2D eigenvalue weighted by Gasteiger charge is 2.10. The molecule has 1 aromatic carbocycles. The highest BCUT2D eigenvalue weighted by Crippen LogP contribution is 2.23. The van der Waals surface area contributed by atoms with Crippen molar-refractivity contribution in [3.63, 3.8) is 0 Å². The van der Waals surface area contributed by atoms with Crippen LogP contribution in [0.2, 0.25) is 0 Å². The Morgan fingerprint density at radius 3 is 2.61 bits per heavy atom. The molecule has 5 aromatic rings. The largest absolute Gasteiger partial charge is 0.497 e. The van der Waals surface area contributed by atoms with E-state index in [1.807, 2.05) is 53.1 Å². The van der Waals surface area contributed by atoms with Crippen LogP contribution in [0.25, 0.3) is 28.4 Å². The molecule has 5 rings (SSSR count). The molecule has 9 nitrogen and oxygen atoms in total. The van der Waals surface area contributed by atoms with E-state index in [2.05, 4.69) is 30.2 Å². The molecule has 0 radical (unpaired) electrons. The molecule has 0 aliphatic rings. The summed E-state index contributed by atoms with van der Waals surface area (Å²) in [4.78, 5) is 21.9. The highest BCUT2D eigenvalue weighted by atomic mass is 16.5. The predicted molar refractivity (Wildman–Crippen MR) is 124 cm³/mol. The second-order valence-electron chi connectivity index (χ2n) is 7.20. The van der Waals surface area contributed by atoms with Gasteiger partial charge in [-0.15, -0.1) is 0 Å². The van der Waals surface area contributed by atoms with Crippen molar-refractivity contribution in [2.75, 3.05) is 19.5 Å². The normalized spacial score (nSPS) is 10.8. The zero-order chi connectivity index (χ0) is 22.6. The third-order valence-electron chi connectivity index (χ3n) is 5.17. The molecule has 33 heavy (non-hydrogen) atoms. The van der Waals surface area contributed by atoms with E-state index < -0.39 is 0 Å². The minimum atomic E-state index is 0.537. The van der Waals surface area contributed by atoms with E-state index in [1.165, 1.54) is 0 Å². The number of hydrogen-bond acceptors (Lipinski definition) is 8. The van der Waals surface area contributed by atoms with Crippen LogP contribution in [0.15, 0.2) is 73.4 Å². The lowest BCUT2D eigenvalue weighted by molar-refractivity contribution is 0.397. The van der Waals surface area contributed by atoms with Crippen LogP contribution in [-0.4, -0.2) is 43.5 Å². The van der Waals surface area contributed by atoms with Crippen LogP contribution in [-0.2, 0) is 6.54 Å². The number of hydrogen-bond donors (Lipinski definition) is 1. The van der Waals surface area contributed by atoms with Crippen molar-refractivity contribution >= 4 is 11.5 Å². The smallest absolute Gasteiger partial charge is 0.216 e. The molecule has 4 heterocycles. The fourth-order valence-electron chi connectivity index (χ4n) is 3.43. The maximum Gasteiger partial charge on any atom is 0.216 e. The van der Waals surface area contributed by atoms with Gasteiger partial charge in [-0.05, 0) is 11.6 Å². The molecule has 0 saturated heterocycles. The molecular formula is C24H21N7O2. The summed E-state index contributed by atoms with van der Waals surface area (Å²) in [6, 6.07) is 15.4. The van der Waals surface area contributed by atoms with Crippen LogP contribution in [0.5, 0.6) is 11.6 Å². The Bertz CT molecular complexity index is 1400. The van der Waals surface area contributed by atoms with Crippen molar-refractivity contribution in [1.29, 1.82) is 0 Å². The van der Waals surface area contributed by atoms with Gasteiger partial charge in [0.15, 0.2) is 5.82 Å². The molecule has 9 heteroatoms. The van der Waals surface area contributed by atoms with Gasteiger partial charge >= 0.3 is 0 Å². The fourth-order valence-corrected chi connectivity index (χ4v) is 3.43. The number of pyridine rings is 1. The summed E-state index contributed by atoms with van der Waals surface area (Å²) in [5, 5.41) is 3.36. The average Bonchev–Trinajstić information content (AvgIpc) is 3.31. The molecule has 1 N–H and O–H groups in total. The highest BCUT2D eigenvalue weighted by molar-refractivity contribution is 5.63. The van der Waals surface area contributed by atoms with E-state index in [0.29, 0.717) is 18.2 Å². The Labute approximate surface area is 190 Å². The van der Waals surface area contributed by atoms with Crippen LogP contribution in [0, 0.1) is 0 Å². The molecule has 0 fully saturated rings. The second kappa shape index (κ2) is 8.91. The number of imidazole rings is 1. The number of methoxy groups -OCH3 is 2. The molecule has 0 bridgehead atoms. The van der Waals surface area contributed by atoms with Gasteiger partial charge in [0.1, 0.15) is 23.5 Å².